The van der Waals surface area contributed by atoms with Crippen molar-refractivity contribution in [3.63, 3.8) is 0 Å². The molecular weight excluding hydrogens is 819 g/mol. The molecule has 0 radical (unpaired) electrons. The van der Waals surface area contributed by atoms with Crippen LogP contribution < -0.4 is 0 Å². The predicted octanol–water partition coefficient (Wildman–Crippen LogP) is 11.6. The van der Waals surface area contributed by atoms with Gasteiger partial charge in [0, 0.05) is 54.9 Å². The number of esters is 2. The van der Waals surface area contributed by atoms with E-state index in [2.05, 4.69) is 84.7 Å². The molecule has 0 saturated heterocycles. The quantitative estimate of drug-likeness (QED) is 0.109. The molecule has 3 unspecified atom stereocenters. The predicted molar refractivity (Wildman–Crippen MR) is 258 cm³/mol. The largest absolute Gasteiger partial charge is 0.459 e. The van der Waals surface area contributed by atoms with Gasteiger partial charge in [-0.1, -0.05) is 73.6 Å². The fourth-order valence-corrected chi connectivity index (χ4v) is 20.1. The lowest BCUT2D eigenvalue weighted by molar-refractivity contribution is -0.164. The summed E-state index contributed by atoms with van der Waals surface area (Å²) in [5, 5.41) is 24.6. The number of hydrogen-bond acceptors (Lipinski definition) is 8. The molecular formula is C54H83NO8Si. The molecule has 2 saturated carbocycles. The maximum absolute atomic E-state index is 13.4. The summed E-state index contributed by atoms with van der Waals surface area (Å²) >= 11 is 0. The Labute approximate surface area is 386 Å². The zero-order valence-electron chi connectivity index (χ0n) is 42.3. The fourth-order valence-electron chi connectivity index (χ4n) is 14.6. The van der Waals surface area contributed by atoms with E-state index in [1.165, 1.54) is 40.2 Å². The number of benzene rings is 1. The summed E-state index contributed by atoms with van der Waals surface area (Å²) in [6, 6.07) is 7.21. The Morgan fingerprint density at radius 3 is 2.19 bits per heavy atom. The number of nitrogens with zero attached hydrogens (tertiary/aromatic N) is 1. The van der Waals surface area contributed by atoms with Gasteiger partial charge in [-0.25, -0.2) is 0 Å². The van der Waals surface area contributed by atoms with E-state index in [1.54, 1.807) is 6.92 Å². The molecule has 1 aromatic heterocycles. The van der Waals surface area contributed by atoms with Crippen LogP contribution in [0.1, 0.15) is 171 Å². The number of hydrogen-bond donors (Lipinski definition) is 2. The Morgan fingerprint density at radius 1 is 1.00 bits per heavy atom. The lowest BCUT2D eigenvalue weighted by Crippen LogP contribution is -2.54. The number of aliphatic hydroxyl groups excluding tert-OH is 1. The first kappa shape index (κ1) is 49.1. The lowest BCUT2D eigenvalue weighted by Gasteiger charge is -2.57. The number of aliphatic hydroxyl groups is 2. The van der Waals surface area contributed by atoms with E-state index in [0.29, 0.717) is 40.5 Å². The number of carbonyl (C=O) groups excluding carboxylic acids is 2. The third-order valence-corrected chi connectivity index (χ3v) is 24.0. The third-order valence-electron chi connectivity index (χ3n) is 17.9. The number of fused-ring (bicyclic) bond motifs is 11. The van der Waals surface area contributed by atoms with E-state index in [4.69, 9.17) is 18.6 Å². The summed E-state index contributed by atoms with van der Waals surface area (Å²) in [6.45, 7) is 36.5. The van der Waals surface area contributed by atoms with Crippen molar-refractivity contribution in [3.05, 3.63) is 58.3 Å². The zero-order valence-corrected chi connectivity index (χ0v) is 43.3. The van der Waals surface area contributed by atoms with Gasteiger partial charge in [0.05, 0.1) is 16.5 Å². The Kier molecular flexibility index (Phi) is 13.1. The average Bonchev–Trinajstić information content (AvgIpc) is 3.67. The first-order valence-corrected chi connectivity index (χ1v) is 26.8. The van der Waals surface area contributed by atoms with Crippen molar-refractivity contribution in [2.45, 2.75) is 207 Å². The summed E-state index contributed by atoms with van der Waals surface area (Å²) < 4.78 is 28.7. The monoisotopic (exact) mass is 902 g/mol. The fraction of sp³-hybridized carbons (Fsp3) is 0.741. The molecule has 4 aliphatic carbocycles. The normalized spacial score (nSPS) is 31.2. The maximum atomic E-state index is 13.4. The van der Waals surface area contributed by atoms with Gasteiger partial charge in [0.25, 0.3) is 0 Å². The summed E-state index contributed by atoms with van der Waals surface area (Å²) in [7, 11) is -0.226. The highest BCUT2D eigenvalue weighted by Crippen LogP contribution is 2.69. The number of carbonyl (C=O) groups is 2. The molecule has 2 heterocycles. The van der Waals surface area contributed by atoms with Crippen molar-refractivity contribution in [2.75, 3.05) is 13.7 Å². The summed E-state index contributed by atoms with van der Waals surface area (Å²) in [5.41, 5.74) is 7.16. The highest BCUT2D eigenvalue weighted by molar-refractivity contribution is 6.77. The lowest BCUT2D eigenvalue weighted by atomic mass is 9.47. The second kappa shape index (κ2) is 17.1. The van der Waals surface area contributed by atoms with Crippen LogP contribution in [-0.2, 0) is 40.1 Å². The number of ether oxygens (including phenoxy) is 3. The van der Waals surface area contributed by atoms with E-state index in [9.17, 15) is 19.8 Å². The standard InChI is InChI=1S/C54H83NO8Si/c1-29(2)48(57)44(63-50(58)51(10,11)12)26-37-39-19-20-40-49(60-17)55-42-21-18-34-24-35(28-61-64(30(3)4,31(5)6)32(7)8)36-25-41(52(13,14)59)47(36)46(34)38(42)27-45(55)54(40,16)53(39,15)23-22-43(37)62-33(9)56/h18,21,27,30-32,35-36,40-41,43-44,47-49,57,59H,1,19-20,22-26,28H2,2-17H3/t35-,36-,40?,41+,43?,44-,47+,48-,49?,53+,54-/m1/s1. The molecule has 2 fully saturated rings. The highest BCUT2D eigenvalue weighted by Gasteiger charge is 2.65. The molecule has 1 aliphatic heterocycles. The van der Waals surface area contributed by atoms with Crippen molar-refractivity contribution in [1.82, 2.24) is 4.57 Å². The molecule has 5 aliphatic rings. The second-order valence-electron chi connectivity index (χ2n) is 23.9. The second-order valence-corrected chi connectivity index (χ2v) is 29.3. The van der Waals surface area contributed by atoms with Gasteiger partial charge in [0.1, 0.15) is 24.5 Å². The minimum Gasteiger partial charge on any atom is -0.459 e. The highest BCUT2D eigenvalue weighted by atomic mass is 28.4. The molecule has 1 aromatic carbocycles. The maximum Gasteiger partial charge on any atom is 0.311 e. The number of methoxy groups -OCH3 is 1. The van der Waals surface area contributed by atoms with Crippen LogP contribution in [0.15, 0.2) is 41.5 Å². The molecule has 356 valence electrons. The molecule has 9 nitrogen and oxygen atoms in total. The van der Waals surface area contributed by atoms with Gasteiger partial charge in [-0.2, -0.15) is 0 Å². The van der Waals surface area contributed by atoms with E-state index in [0.717, 1.165) is 44.3 Å². The van der Waals surface area contributed by atoms with Gasteiger partial charge in [-0.05, 0) is 155 Å². The van der Waals surface area contributed by atoms with E-state index in [1.807, 2.05) is 41.7 Å². The molecule has 7 rings (SSSR count). The number of allylic oxidation sites excluding steroid dienone is 1. The minimum atomic E-state index is -2.07. The Morgan fingerprint density at radius 2 is 1.64 bits per heavy atom. The van der Waals surface area contributed by atoms with Crippen LogP contribution in [0.4, 0.5) is 0 Å². The molecule has 0 spiro atoms. The van der Waals surface area contributed by atoms with Crippen LogP contribution in [0.25, 0.3) is 10.9 Å². The van der Waals surface area contributed by atoms with Crippen LogP contribution in [0.2, 0.25) is 16.6 Å². The van der Waals surface area contributed by atoms with Gasteiger partial charge >= 0.3 is 11.9 Å². The summed E-state index contributed by atoms with van der Waals surface area (Å²) in [6.07, 6.45) is 2.61. The molecule has 64 heavy (non-hydrogen) atoms. The Balaban J connectivity index is 1.36. The number of rotatable bonds is 14. The summed E-state index contributed by atoms with van der Waals surface area (Å²) in [5.74, 6) is 0.610. The Hall–Kier alpha value is -2.76. The van der Waals surface area contributed by atoms with Gasteiger partial charge in [-0.3, -0.25) is 9.59 Å². The zero-order chi connectivity index (χ0) is 47.4. The smallest absolute Gasteiger partial charge is 0.311 e. The average molecular weight is 902 g/mol. The van der Waals surface area contributed by atoms with E-state index >= 15 is 0 Å². The van der Waals surface area contributed by atoms with Crippen molar-refractivity contribution in [2.24, 2.45) is 34.5 Å². The van der Waals surface area contributed by atoms with Gasteiger partial charge in [0.2, 0.25) is 0 Å². The van der Waals surface area contributed by atoms with Crippen LogP contribution in [0, 0.1) is 34.5 Å². The van der Waals surface area contributed by atoms with E-state index < -0.39 is 43.6 Å². The molecule has 0 bridgehead atoms. The molecule has 11 atom stereocenters. The van der Waals surface area contributed by atoms with Gasteiger partial charge < -0.3 is 33.4 Å². The van der Waals surface area contributed by atoms with Crippen molar-refractivity contribution in [3.8, 4) is 0 Å². The topological polar surface area (TPSA) is 116 Å². The number of aromatic nitrogens is 1. The van der Waals surface area contributed by atoms with Crippen molar-refractivity contribution >= 4 is 31.2 Å². The van der Waals surface area contributed by atoms with Crippen LogP contribution in [0.3, 0.4) is 0 Å². The van der Waals surface area contributed by atoms with Crippen molar-refractivity contribution in [1.29, 1.82) is 0 Å². The van der Waals surface area contributed by atoms with E-state index in [-0.39, 0.29) is 47.2 Å². The van der Waals surface area contributed by atoms with Crippen molar-refractivity contribution < 1.29 is 38.4 Å². The molecule has 2 aromatic rings. The molecule has 10 heteroatoms. The van der Waals surface area contributed by atoms with Gasteiger partial charge in [-0.15, -0.1) is 0 Å². The molecule has 2 N–H and O–H groups in total. The molecule has 0 amide bonds. The summed E-state index contributed by atoms with van der Waals surface area (Å²) in [4.78, 5) is 26.2. The van der Waals surface area contributed by atoms with Gasteiger partial charge in [0.15, 0.2) is 8.32 Å². The van der Waals surface area contributed by atoms with Crippen LogP contribution in [0.5, 0.6) is 0 Å². The Bertz CT molecular complexity index is 2150. The SMILES string of the molecule is C=C(C)[C@@H](O)[C@@H](CC1=C2CCC3C(OC)n4c(cc5c6c(ccc54)C[C@H](CO[Si](C(C)C)(C(C)C)C(C)C)[C@H]4C[C@H](C(C)(C)O)[C@@H]64)[C@]3(C)[C@@]2(C)CCC1OC(C)=O)OC(=O)C(C)(C)C. The first-order chi connectivity index (χ1) is 29.7. The first-order valence-electron chi connectivity index (χ1n) is 24.7. The van der Waals surface area contributed by atoms with Crippen LogP contribution in [-0.4, -0.2) is 72.7 Å². The third kappa shape index (κ3) is 7.63. The minimum absolute atomic E-state index is 0.138. The van der Waals surface area contributed by atoms with Crippen LogP contribution >= 0.6 is 0 Å².